The Balaban J connectivity index is 2.18. The highest BCUT2D eigenvalue weighted by Gasteiger charge is 1.97. The highest BCUT2D eigenvalue weighted by molar-refractivity contribution is 5.37. The molecule has 3 heteroatoms. The molecule has 0 saturated heterocycles. The van der Waals surface area contributed by atoms with Gasteiger partial charge in [0.1, 0.15) is 23.0 Å². The van der Waals surface area contributed by atoms with E-state index >= 15 is 0 Å². The van der Waals surface area contributed by atoms with E-state index in [1.54, 1.807) is 30.3 Å². The fraction of sp³-hybridized carbons (Fsp3) is 0. The Kier molecular flexibility index (Phi) is 2.46. The van der Waals surface area contributed by atoms with Gasteiger partial charge in [-0.25, -0.2) is 0 Å². The van der Waals surface area contributed by atoms with E-state index in [-0.39, 0.29) is 11.5 Å². The molecule has 0 spiro atoms. The topological polar surface area (TPSA) is 49.7 Å². The van der Waals surface area contributed by atoms with Crippen molar-refractivity contribution in [1.29, 1.82) is 0 Å². The van der Waals surface area contributed by atoms with Crippen molar-refractivity contribution in [2.45, 2.75) is 0 Å². The number of rotatable bonds is 2. The first-order chi connectivity index (χ1) is 7.24. The van der Waals surface area contributed by atoms with Crippen molar-refractivity contribution in [3.63, 3.8) is 0 Å². The van der Waals surface area contributed by atoms with E-state index in [1.165, 1.54) is 18.2 Å². The summed E-state index contributed by atoms with van der Waals surface area (Å²) < 4.78 is 5.44. The number of benzene rings is 2. The van der Waals surface area contributed by atoms with Gasteiger partial charge in [0.15, 0.2) is 0 Å². The Morgan fingerprint density at radius 2 is 1.47 bits per heavy atom. The maximum atomic E-state index is 9.22. The number of phenolic OH excluding ortho intramolecular Hbond substituents is 2. The van der Waals surface area contributed by atoms with Gasteiger partial charge in [-0.15, -0.1) is 0 Å². The van der Waals surface area contributed by atoms with E-state index in [1.807, 2.05) is 0 Å². The second-order valence-electron chi connectivity index (χ2n) is 3.09. The molecule has 3 nitrogen and oxygen atoms in total. The second kappa shape index (κ2) is 3.92. The van der Waals surface area contributed by atoms with Gasteiger partial charge >= 0.3 is 0 Å². The van der Waals surface area contributed by atoms with Gasteiger partial charge in [0.25, 0.3) is 0 Å². The van der Waals surface area contributed by atoms with Crippen LogP contribution in [0.25, 0.3) is 0 Å². The average Bonchev–Trinajstić information content (AvgIpc) is 2.22. The maximum Gasteiger partial charge on any atom is 0.131 e. The van der Waals surface area contributed by atoms with Gasteiger partial charge in [-0.05, 0) is 36.4 Å². The van der Waals surface area contributed by atoms with Crippen LogP contribution in [0.1, 0.15) is 0 Å². The molecule has 0 bridgehead atoms. The van der Waals surface area contributed by atoms with Crippen LogP contribution in [0, 0.1) is 0 Å². The predicted octanol–water partition coefficient (Wildman–Crippen LogP) is 2.89. The smallest absolute Gasteiger partial charge is 0.131 e. The third kappa shape index (κ3) is 2.40. The molecule has 2 rings (SSSR count). The molecule has 0 saturated carbocycles. The molecule has 0 amide bonds. The first kappa shape index (κ1) is 9.40. The minimum atomic E-state index is 0.159. The van der Waals surface area contributed by atoms with Gasteiger partial charge in [0, 0.05) is 6.07 Å². The molecule has 2 aromatic carbocycles. The fourth-order valence-corrected chi connectivity index (χ4v) is 1.20. The Labute approximate surface area is 87.2 Å². The highest BCUT2D eigenvalue weighted by Crippen LogP contribution is 2.25. The molecule has 0 atom stereocenters. The lowest BCUT2D eigenvalue weighted by Gasteiger charge is -2.05. The highest BCUT2D eigenvalue weighted by atomic mass is 16.5. The monoisotopic (exact) mass is 202 g/mol. The van der Waals surface area contributed by atoms with Crippen molar-refractivity contribution in [3.8, 4) is 23.0 Å². The SMILES string of the molecule is Oc1ccc(Oc2cccc(O)c2)cc1. The number of hydrogen-bond acceptors (Lipinski definition) is 3. The largest absolute Gasteiger partial charge is 0.508 e. The van der Waals surface area contributed by atoms with E-state index in [2.05, 4.69) is 0 Å². The van der Waals surface area contributed by atoms with Gasteiger partial charge in [-0.1, -0.05) is 6.07 Å². The Hall–Kier alpha value is -2.16. The molecule has 2 N–H and O–H groups in total. The minimum Gasteiger partial charge on any atom is -0.508 e. The van der Waals surface area contributed by atoms with Crippen molar-refractivity contribution in [2.75, 3.05) is 0 Å². The molecule has 0 aliphatic carbocycles. The quantitative estimate of drug-likeness (QED) is 0.787. The van der Waals surface area contributed by atoms with Crippen LogP contribution in [0.2, 0.25) is 0 Å². The zero-order chi connectivity index (χ0) is 10.7. The van der Waals surface area contributed by atoms with Crippen molar-refractivity contribution < 1.29 is 14.9 Å². The first-order valence-corrected chi connectivity index (χ1v) is 4.50. The third-order valence-corrected chi connectivity index (χ3v) is 1.89. The number of phenols is 2. The van der Waals surface area contributed by atoms with Crippen LogP contribution in [0.3, 0.4) is 0 Å². The van der Waals surface area contributed by atoms with Gasteiger partial charge < -0.3 is 14.9 Å². The minimum absolute atomic E-state index is 0.159. The summed E-state index contributed by atoms with van der Waals surface area (Å²) in [6.07, 6.45) is 0. The summed E-state index contributed by atoms with van der Waals surface area (Å²) in [5.74, 6) is 1.52. The van der Waals surface area contributed by atoms with Crippen LogP contribution in [0.4, 0.5) is 0 Å². The standard InChI is InChI=1S/C12H10O3/c13-9-4-6-11(7-5-9)15-12-3-1-2-10(14)8-12/h1-8,13-14H. The van der Waals surface area contributed by atoms with Crippen molar-refractivity contribution in [3.05, 3.63) is 48.5 Å². The molecule has 2 aromatic rings. The molecule has 0 heterocycles. The van der Waals surface area contributed by atoms with E-state index in [9.17, 15) is 5.11 Å². The summed E-state index contributed by atoms with van der Waals surface area (Å²) in [6.45, 7) is 0. The van der Waals surface area contributed by atoms with Crippen LogP contribution >= 0.6 is 0 Å². The van der Waals surface area contributed by atoms with E-state index in [0.717, 1.165) is 0 Å². The molecule has 0 fully saturated rings. The van der Waals surface area contributed by atoms with Crippen LogP contribution in [-0.2, 0) is 0 Å². The third-order valence-electron chi connectivity index (χ3n) is 1.89. The number of ether oxygens (including phenoxy) is 1. The van der Waals surface area contributed by atoms with Crippen LogP contribution in [0.15, 0.2) is 48.5 Å². The summed E-state index contributed by atoms with van der Waals surface area (Å²) >= 11 is 0. The molecular formula is C12H10O3. The molecule has 0 aliphatic heterocycles. The van der Waals surface area contributed by atoms with Crippen LogP contribution < -0.4 is 4.74 Å². The van der Waals surface area contributed by atoms with Gasteiger partial charge in [0.2, 0.25) is 0 Å². The lowest BCUT2D eigenvalue weighted by atomic mass is 10.3. The van der Waals surface area contributed by atoms with Crippen LogP contribution in [0.5, 0.6) is 23.0 Å². The fourth-order valence-electron chi connectivity index (χ4n) is 1.20. The number of hydrogen-bond donors (Lipinski definition) is 2. The molecule has 0 radical (unpaired) electrons. The lowest BCUT2D eigenvalue weighted by Crippen LogP contribution is -1.82. The van der Waals surface area contributed by atoms with Crippen molar-refractivity contribution in [2.24, 2.45) is 0 Å². The zero-order valence-corrected chi connectivity index (χ0v) is 7.92. The van der Waals surface area contributed by atoms with E-state index in [0.29, 0.717) is 11.5 Å². The normalized spacial score (nSPS) is 9.87. The molecule has 0 aliphatic rings. The molecular weight excluding hydrogens is 192 g/mol. The van der Waals surface area contributed by atoms with E-state index in [4.69, 9.17) is 9.84 Å². The zero-order valence-electron chi connectivity index (χ0n) is 7.92. The second-order valence-corrected chi connectivity index (χ2v) is 3.09. The first-order valence-electron chi connectivity index (χ1n) is 4.50. The summed E-state index contributed by atoms with van der Waals surface area (Å²) in [5.41, 5.74) is 0. The molecule has 76 valence electrons. The van der Waals surface area contributed by atoms with Gasteiger partial charge in [0.05, 0.1) is 0 Å². The van der Waals surface area contributed by atoms with Gasteiger partial charge in [-0.3, -0.25) is 0 Å². The van der Waals surface area contributed by atoms with Crippen molar-refractivity contribution >= 4 is 0 Å². The molecule has 0 aromatic heterocycles. The predicted molar refractivity (Wildman–Crippen MR) is 56.3 cm³/mol. The Bertz CT molecular complexity index is 449. The lowest BCUT2D eigenvalue weighted by molar-refractivity contribution is 0.451. The number of aromatic hydroxyl groups is 2. The summed E-state index contributed by atoms with van der Waals surface area (Å²) in [4.78, 5) is 0. The summed E-state index contributed by atoms with van der Waals surface area (Å²) in [5, 5.41) is 18.3. The van der Waals surface area contributed by atoms with Crippen molar-refractivity contribution in [1.82, 2.24) is 0 Å². The molecule has 15 heavy (non-hydrogen) atoms. The van der Waals surface area contributed by atoms with Gasteiger partial charge in [-0.2, -0.15) is 0 Å². The van der Waals surface area contributed by atoms with E-state index < -0.39 is 0 Å². The molecule has 0 unspecified atom stereocenters. The summed E-state index contributed by atoms with van der Waals surface area (Å²) in [6, 6.07) is 12.9. The summed E-state index contributed by atoms with van der Waals surface area (Å²) in [7, 11) is 0. The Morgan fingerprint density at radius 1 is 0.733 bits per heavy atom. The average molecular weight is 202 g/mol. The van der Waals surface area contributed by atoms with Crippen LogP contribution in [-0.4, -0.2) is 10.2 Å². The maximum absolute atomic E-state index is 9.22. The Morgan fingerprint density at radius 3 is 2.13 bits per heavy atom.